The second-order valence-corrected chi connectivity index (χ2v) is 4.23. The minimum Gasteiger partial charge on any atom is -0.258 e. The van der Waals surface area contributed by atoms with E-state index in [4.69, 9.17) is 0 Å². The van der Waals surface area contributed by atoms with Crippen molar-refractivity contribution in [3.8, 4) is 5.69 Å². The Morgan fingerprint density at radius 3 is 2.55 bits per heavy atom. The Kier molecular flexibility index (Phi) is 3.78. The van der Waals surface area contributed by atoms with Gasteiger partial charge in [0.2, 0.25) is 0 Å². The zero-order valence-corrected chi connectivity index (χ0v) is 11.1. The average Bonchev–Trinajstić information content (AvgIpc) is 2.84. The van der Waals surface area contributed by atoms with Crippen molar-refractivity contribution < 1.29 is 13.7 Å². The van der Waals surface area contributed by atoms with Gasteiger partial charge >= 0.3 is 0 Å². The number of rotatable bonds is 4. The molecule has 0 unspecified atom stereocenters. The molecule has 0 spiro atoms. The quantitative estimate of drug-likeness (QED) is 0.638. The third-order valence-corrected chi connectivity index (χ3v) is 3.01. The number of aromatic nitrogens is 2. The van der Waals surface area contributed by atoms with Crippen LogP contribution in [-0.2, 0) is 12.8 Å². The summed E-state index contributed by atoms with van der Waals surface area (Å²) in [5.41, 5.74) is 0.296. The molecule has 0 amide bonds. The van der Waals surface area contributed by atoms with Gasteiger partial charge in [-0.25, -0.2) is 13.5 Å². The lowest BCUT2D eigenvalue weighted by Crippen LogP contribution is -2.09. The number of nitro groups is 1. The van der Waals surface area contributed by atoms with E-state index < -0.39 is 27.9 Å². The molecule has 20 heavy (non-hydrogen) atoms. The van der Waals surface area contributed by atoms with Crippen molar-refractivity contribution in [2.24, 2.45) is 0 Å². The van der Waals surface area contributed by atoms with Gasteiger partial charge in [0, 0.05) is 11.8 Å². The van der Waals surface area contributed by atoms with E-state index in [0.29, 0.717) is 24.2 Å². The van der Waals surface area contributed by atoms with Crippen molar-refractivity contribution in [1.82, 2.24) is 9.78 Å². The van der Waals surface area contributed by atoms with Crippen LogP contribution in [-0.4, -0.2) is 14.7 Å². The van der Waals surface area contributed by atoms with Crippen molar-refractivity contribution in [1.29, 1.82) is 0 Å². The number of nitro benzene ring substituents is 1. The number of halogens is 2. The molecule has 1 aromatic heterocycles. The van der Waals surface area contributed by atoms with Gasteiger partial charge in [0.1, 0.15) is 0 Å². The monoisotopic (exact) mass is 281 g/mol. The van der Waals surface area contributed by atoms with Crippen LogP contribution in [0.5, 0.6) is 0 Å². The summed E-state index contributed by atoms with van der Waals surface area (Å²) in [6, 6.07) is 3.42. The van der Waals surface area contributed by atoms with Gasteiger partial charge < -0.3 is 0 Å². The molecule has 0 aliphatic rings. The summed E-state index contributed by atoms with van der Waals surface area (Å²) >= 11 is 0. The second-order valence-electron chi connectivity index (χ2n) is 4.23. The fraction of sp³-hybridized carbons (Fsp3) is 0.308. The fourth-order valence-electron chi connectivity index (χ4n) is 1.97. The van der Waals surface area contributed by atoms with E-state index >= 15 is 0 Å². The average molecular weight is 281 g/mol. The summed E-state index contributed by atoms with van der Waals surface area (Å²) in [6.07, 6.45) is 1.10. The van der Waals surface area contributed by atoms with E-state index in [2.05, 4.69) is 5.10 Å². The Bertz CT molecular complexity index is 668. The van der Waals surface area contributed by atoms with E-state index in [1.165, 1.54) is 0 Å². The van der Waals surface area contributed by atoms with Crippen molar-refractivity contribution in [3.63, 3.8) is 0 Å². The molecule has 7 heteroatoms. The van der Waals surface area contributed by atoms with Crippen LogP contribution >= 0.6 is 0 Å². The van der Waals surface area contributed by atoms with Crippen LogP contribution in [0.2, 0.25) is 0 Å². The Morgan fingerprint density at radius 1 is 1.30 bits per heavy atom. The molecule has 0 fully saturated rings. The van der Waals surface area contributed by atoms with Gasteiger partial charge in [-0.2, -0.15) is 5.10 Å². The van der Waals surface area contributed by atoms with E-state index in [9.17, 15) is 18.9 Å². The zero-order chi connectivity index (χ0) is 14.9. The largest absolute Gasteiger partial charge is 0.298 e. The van der Waals surface area contributed by atoms with E-state index in [-0.39, 0.29) is 0 Å². The molecule has 0 radical (unpaired) electrons. The first-order valence-electron chi connectivity index (χ1n) is 6.20. The molecular formula is C13H13F2N3O2. The number of hydrogen-bond donors (Lipinski definition) is 0. The molecule has 0 saturated carbocycles. The zero-order valence-electron chi connectivity index (χ0n) is 11.1. The van der Waals surface area contributed by atoms with Gasteiger partial charge in [0.05, 0.1) is 10.6 Å². The molecule has 0 atom stereocenters. The molecule has 0 N–H and O–H groups in total. The summed E-state index contributed by atoms with van der Waals surface area (Å²) in [7, 11) is 0. The maximum atomic E-state index is 14.0. The highest BCUT2D eigenvalue weighted by Crippen LogP contribution is 2.28. The van der Waals surface area contributed by atoms with E-state index in [0.717, 1.165) is 16.8 Å². The van der Waals surface area contributed by atoms with Crippen LogP contribution in [0.1, 0.15) is 25.2 Å². The third-order valence-electron chi connectivity index (χ3n) is 3.01. The van der Waals surface area contributed by atoms with Gasteiger partial charge in [-0.1, -0.05) is 13.8 Å². The van der Waals surface area contributed by atoms with Gasteiger partial charge in [-0.15, -0.1) is 0 Å². The van der Waals surface area contributed by atoms with E-state index in [1.807, 2.05) is 13.8 Å². The summed E-state index contributed by atoms with van der Waals surface area (Å²) in [5, 5.41) is 15.1. The first-order valence-corrected chi connectivity index (χ1v) is 6.20. The maximum Gasteiger partial charge on any atom is 0.298 e. The lowest BCUT2D eigenvalue weighted by atomic mass is 10.2. The summed E-state index contributed by atoms with van der Waals surface area (Å²) in [4.78, 5) is 10.3. The Balaban J connectivity index is 2.77. The van der Waals surface area contributed by atoms with Crippen LogP contribution in [0.3, 0.4) is 0 Å². The lowest BCUT2D eigenvalue weighted by Gasteiger charge is -2.08. The molecule has 2 rings (SSSR count). The van der Waals surface area contributed by atoms with Crippen LogP contribution in [0.15, 0.2) is 18.2 Å². The maximum absolute atomic E-state index is 14.0. The highest BCUT2D eigenvalue weighted by molar-refractivity contribution is 5.54. The molecule has 0 saturated heterocycles. The minimum absolute atomic E-state index is 0.452. The molecule has 1 aromatic carbocycles. The predicted molar refractivity (Wildman–Crippen MR) is 68.9 cm³/mol. The molecule has 0 aliphatic carbocycles. The highest BCUT2D eigenvalue weighted by atomic mass is 19.2. The topological polar surface area (TPSA) is 61.0 Å². The van der Waals surface area contributed by atoms with Gasteiger partial charge in [-0.3, -0.25) is 10.1 Å². The van der Waals surface area contributed by atoms with Crippen LogP contribution in [0.4, 0.5) is 14.5 Å². The fourth-order valence-corrected chi connectivity index (χ4v) is 1.97. The molecule has 5 nitrogen and oxygen atoms in total. The standard InChI is InChI=1S/C13H13F2N3O2/c1-3-8-7-9(4-2)17(16-8)13-11(18(19)20)6-5-10(14)12(13)15/h5-7H,3-4H2,1-2H3. The lowest BCUT2D eigenvalue weighted by molar-refractivity contribution is -0.384. The third kappa shape index (κ3) is 2.26. The normalized spacial score (nSPS) is 10.8. The molecular weight excluding hydrogens is 268 g/mol. The highest BCUT2D eigenvalue weighted by Gasteiger charge is 2.25. The van der Waals surface area contributed by atoms with Gasteiger partial charge in [-0.05, 0) is 25.0 Å². The van der Waals surface area contributed by atoms with Crippen molar-refractivity contribution in [3.05, 3.63) is 51.3 Å². The number of hydrogen-bond acceptors (Lipinski definition) is 3. The molecule has 2 aromatic rings. The van der Waals surface area contributed by atoms with Crippen LogP contribution in [0, 0.1) is 21.7 Å². The SMILES string of the molecule is CCc1cc(CC)n(-c2c([N+](=O)[O-])ccc(F)c2F)n1. The van der Waals surface area contributed by atoms with Gasteiger partial charge in [0.25, 0.3) is 5.69 Å². The van der Waals surface area contributed by atoms with Crippen LogP contribution in [0.25, 0.3) is 5.69 Å². The predicted octanol–water partition coefficient (Wildman–Crippen LogP) is 3.18. The number of aryl methyl sites for hydroxylation is 2. The van der Waals surface area contributed by atoms with Gasteiger partial charge in [0.15, 0.2) is 17.3 Å². The summed E-state index contributed by atoms with van der Waals surface area (Å²) in [5.74, 6) is -2.40. The molecule has 1 heterocycles. The number of nitrogens with zero attached hydrogens (tertiary/aromatic N) is 3. The smallest absolute Gasteiger partial charge is 0.258 e. The van der Waals surface area contributed by atoms with Crippen molar-refractivity contribution in [2.45, 2.75) is 26.7 Å². The first kappa shape index (κ1) is 14.1. The second kappa shape index (κ2) is 5.36. The molecule has 0 bridgehead atoms. The summed E-state index contributed by atoms with van der Waals surface area (Å²) < 4.78 is 28.5. The van der Waals surface area contributed by atoms with Crippen molar-refractivity contribution in [2.75, 3.05) is 0 Å². The Hall–Kier alpha value is -2.31. The Labute approximate surface area is 114 Å². The first-order chi connectivity index (χ1) is 9.49. The van der Waals surface area contributed by atoms with Crippen molar-refractivity contribution >= 4 is 5.69 Å². The molecule has 0 aliphatic heterocycles. The summed E-state index contributed by atoms with van der Waals surface area (Å²) in [6.45, 7) is 3.68. The Morgan fingerprint density at radius 2 is 2.00 bits per heavy atom. The van der Waals surface area contributed by atoms with E-state index in [1.54, 1.807) is 6.07 Å². The minimum atomic E-state index is -1.26. The van der Waals surface area contributed by atoms with Crippen LogP contribution < -0.4 is 0 Å². The molecule has 106 valence electrons. The number of benzene rings is 1.